The summed E-state index contributed by atoms with van der Waals surface area (Å²) in [6, 6.07) is 9.96. The minimum atomic E-state index is -0.656. The van der Waals surface area contributed by atoms with E-state index in [0.717, 1.165) is 11.1 Å². The highest BCUT2D eigenvalue weighted by Crippen LogP contribution is 2.42. The molecule has 0 bridgehead atoms. The van der Waals surface area contributed by atoms with Crippen molar-refractivity contribution in [3.05, 3.63) is 58.9 Å². The maximum absolute atomic E-state index is 13.5. The number of aliphatic hydroxyl groups excluding tert-OH is 1. The molecule has 0 saturated heterocycles. The number of ether oxygens (including phenoxy) is 2. The lowest BCUT2D eigenvalue weighted by molar-refractivity contribution is 0.0650. The Balaban J connectivity index is 1.96. The second-order valence-corrected chi connectivity index (χ2v) is 5.26. The molecule has 2 atom stereocenters. The number of halogens is 1. The van der Waals surface area contributed by atoms with Crippen LogP contribution in [0.5, 0.6) is 11.5 Å². The summed E-state index contributed by atoms with van der Waals surface area (Å²) in [6.45, 7) is 1.91. The maximum atomic E-state index is 13.5. The van der Waals surface area contributed by atoms with Crippen molar-refractivity contribution in [3.8, 4) is 11.5 Å². The number of hydrogen-bond acceptors (Lipinski definition) is 3. The first-order valence-electron chi connectivity index (χ1n) is 6.87. The third-order valence-electron chi connectivity index (χ3n) is 3.87. The average Bonchev–Trinajstić information content (AvgIpc) is 2.49. The molecule has 0 aliphatic carbocycles. The van der Waals surface area contributed by atoms with Crippen molar-refractivity contribution in [3.63, 3.8) is 0 Å². The monoisotopic (exact) mass is 288 g/mol. The fourth-order valence-corrected chi connectivity index (χ4v) is 2.70. The molecule has 0 saturated carbocycles. The Morgan fingerprint density at radius 3 is 2.76 bits per heavy atom. The molecule has 110 valence electrons. The van der Waals surface area contributed by atoms with E-state index in [-0.39, 0.29) is 11.9 Å². The fourth-order valence-electron chi connectivity index (χ4n) is 2.70. The number of rotatable bonds is 2. The molecular formula is C17H17FO3. The van der Waals surface area contributed by atoms with Crippen LogP contribution in [0.15, 0.2) is 36.4 Å². The highest BCUT2D eigenvalue weighted by atomic mass is 19.1. The standard InChI is InChI=1S/C17H17FO3/c1-10-3-4-11(18)7-13(10)17-9-15(19)14-8-12(20-2)5-6-16(14)21-17/h3-8,15,17,19H,9H2,1-2H3. The Bertz CT molecular complexity index is 669. The summed E-state index contributed by atoms with van der Waals surface area (Å²) >= 11 is 0. The molecule has 0 amide bonds. The number of methoxy groups -OCH3 is 1. The van der Waals surface area contributed by atoms with Crippen LogP contribution in [0.2, 0.25) is 0 Å². The smallest absolute Gasteiger partial charge is 0.127 e. The third kappa shape index (κ3) is 2.59. The van der Waals surface area contributed by atoms with Crippen molar-refractivity contribution in [2.45, 2.75) is 25.6 Å². The minimum Gasteiger partial charge on any atom is -0.497 e. The second-order valence-electron chi connectivity index (χ2n) is 5.26. The Kier molecular flexibility index (Phi) is 3.55. The third-order valence-corrected chi connectivity index (χ3v) is 3.87. The van der Waals surface area contributed by atoms with Crippen LogP contribution >= 0.6 is 0 Å². The highest BCUT2D eigenvalue weighted by molar-refractivity contribution is 5.44. The van der Waals surface area contributed by atoms with Crippen LogP contribution in [0.3, 0.4) is 0 Å². The number of aliphatic hydroxyl groups is 1. The topological polar surface area (TPSA) is 38.7 Å². The molecule has 3 rings (SSSR count). The van der Waals surface area contributed by atoms with Crippen LogP contribution in [0.25, 0.3) is 0 Å². The van der Waals surface area contributed by atoms with E-state index < -0.39 is 6.10 Å². The number of benzene rings is 2. The Labute approximate surface area is 122 Å². The Morgan fingerprint density at radius 1 is 1.19 bits per heavy atom. The van der Waals surface area contributed by atoms with Crippen LogP contribution < -0.4 is 9.47 Å². The first-order chi connectivity index (χ1) is 10.1. The Hall–Kier alpha value is -2.07. The van der Waals surface area contributed by atoms with E-state index in [2.05, 4.69) is 0 Å². The van der Waals surface area contributed by atoms with E-state index in [4.69, 9.17) is 9.47 Å². The highest BCUT2D eigenvalue weighted by Gasteiger charge is 2.29. The van der Waals surface area contributed by atoms with Crippen molar-refractivity contribution < 1.29 is 19.0 Å². The predicted molar refractivity (Wildman–Crippen MR) is 77.1 cm³/mol. The van der Waals surface area contributed by atoms with Gasteiger partial charge >= 0.3 is 0 Å². The van der Waals surface area contributed by atoms with E-state index in [9.17, 15) is 9.50 Å². The Morgan fingerprint density at radius 2 is 2.00 bits per heavy atom. The van der Waals surface area contributed by atoms with Gasteiger partial charge in [0.05, 0.1) is 13.2 Å². The van der Waals surface area contributed by atoms with Gasteiger partial charge in [-0.05, 0) is 48.4 Å². The summed E-state index contributed by atoms with van der Waals surface area (Å²) in [4.78, 5) is 0. The summed E-state index contributed by atoms with van der Waals surface area (Å²) in [5.74, 6) is 0.995. The van der Waals surface area contributed by atoms with Crippen molar-refractivity contribution in [1.82, 2.24) is 0 Å². The zero-order valence-electron chi connectivity index (χ0n) is 12.0. The summed E-state index contributed by atoms with van der Waals surface area (Å²) in [5.41, 5.74) is 2.43. The lowest BCUT2D eigenvalue weighted by Gasteiger charge is -2.31. The minimum absolute atomic E-state index is 0.297. The summed E-state index contributed by atoms with van der Waals surface area (Å²) in [5, 5.41) is 10.3. The first kappa shape index (κ1) is 13.9. The van der Waals surface area contributed by atoms with Crippen LogP contribution in [-0.2, 0) is 0 Å². The largest absolute Gasteiger partial charge is 0.497 e. The van der Waals surface area contributed by atoms with Gasteiger partial charge < -0.3 is 14.6 Å². The van der Waals surface area contributed by atoms with E-state index in [1.165, 1.54) is 12.1 Å². The summed E-state index contributed by atoms with van der Waals surface area (Å²) in [7, 11) is 1.58. The fraction of sp³-hybridized carbons (Fsp3) is 0.294. The summed E-state index contributed by atoms with van der Waals surface area (Å²) in [6.07, 6.45) is -0.613. The SMILES string of the molecule is COc1ccc2c(c1)C(O)CC(c1cc(F)ccc1C)O2. The molecule has 1 N–H and O–H groups in total. The number of hydrogen-bond donors (Lipinski definition) is 1. The zero-order chi connectivity index (χ0) is 15.0. The number of aryl methyl sites for hydroxylation is 1. The predicted octanol–water partition coefficient (Wildman–Crippen LogP) is 3.70. The van der Waals surface area contributed by atoms with Crippen molar-refractivity contribution in [2.75, 3.05) is 7.11 Å². The van der Waals surface area contributed by atoms with Gasteiger partial charge in [-0.15, -0.1) is 0 Å². The van der Waals surface area contributed by atoms with Crippen molar-refractivity contribution in [1.29, 1.82) is 0 Å². The van der Waals surface area contributed by atoms with Crippen molar-refractivity contribution in [2.24, 2.45) is 0 Å². The first-order valence-corrected chi connectivity index (χ1v) is 6.87. The van der Waals surface area contributed by atoms with Gasteiger partial charge in [0.15, 0.2) is 0 Å². The van der Waals surface area contributed by atoms with Crippen LogP contribution in [0, 0.1) is 12.7 Å². The molecule has 2 aromatic carbocycles. The van der Waals surface area contributed by atoms with E-state index >= 15 is 0 Å². The molecule has 0 spiro atoms. The van der Waals surface area contributed by atoms with Gasteiger partial charge in [0, 0.05) is 12.0 Å². The van der Waals surface area contributed by atoms with Gasteiger partial charge in [0.2, 0.25) is 0 Å². The van der Waals surface area contributed by atoms with Crippen LogP contribution in [0.4, 0.5) is 4.39 Å². The van der Waals surface area contributed by atoms with Gasteiger partial charge in [-0.2, -0.15) is 0 Å². The van der Waals surface area contributed by atoms with Crippen molar-refractivity contribution >= 4 is 0 Å². The molecule has 1 heterocycles. The van der Waals surface area contributed by atoms with E-state index in [1.807, 2.05) is 6.92 Å². The molecule has 0 radical (unpaired) electrons. The molecule has 2 unspecified atom stereocenters. The molecule has 21 heavy (non-hydrogen) atoms. The molecular weight excluding hydrogens is 271 g/mol. The summed E-state index contributed by atoms with van der Waals surface area (Å²) < 4.78 is 24.6. The zero-order valence-corrected chi connectivity index (χ0v) is 12.0. The van der Waals surface area contributed by atoms with E-state index in [0.29, 0.717) is 23.5 Å². The lowest BCUT2D eigenvalue weighted by Crippen LogP contribution is -2.20. The quantitative estimate of drug-likeness (QED) is 0.915. The maximum Gasteiger partial charge on any atom is 0.127 e. The second kappa shape index (κ2) is 5.37. The number of fused-ring (bicyclic) bond motifs is 1. The lowest BCUT2D eigenvalue weighted by atomic mass is 9.92. The molecule has 0 fully saturated rings. The molecule has 0 aromatic heterocycles. The average molecular weight is 288 g/mol. The molecule has 1 aliphatic rings. The molecule has 1 aliphatic heterocycles. The van der Waals surface area contributed by atoms with Gasteiger partial charge in [0.1, 0.15) is 23.4 Å². The van der Waals surface area contributed by atoms with Crippen LogP contribution in [-0.4, -0.2) is 12.2 Å². The van der Waals surface area contributed by atoms with Gasteiger partial charge in [-0.3, -0.25) is 0 Å². The van der Waals surface area contributed by atoms with Gasteiger partial charge in [-0.1, -0.05) is 6.07 Å². The normalized spacial score (nSPS) is 20.6. The van der Waals surface area contributed by atoms with Gasteiger partial charge in [0.25, 0.3) is 0 Å². The van der Waals surface area contributed by atoms with E-state index in [1.54, 1.807) is 31.4 Å². The molecule has 3 nitrogen and oxygen atoms in total. The molecule has 4 heteroatoms. The molecule has 2 aromatic rings. The van der Waals surface area contributed by atoms with Gasteiger partial charge in [-0.25, -0.2) is 4.39 Å². The van der Waals surface area contributed by atoms with Crippen LogP contribution in [0.1, 0.15) is 35.3 Å².